The molecule has 2 aromatic rings. The molecular formula is C17H19NO3. The van der Waals surface area contributed by atoms with Crippen LogP contribution in [0.5, 0.6) is 5.75 Å². The van der Waals surface area contributed by atoms with Gasteiger partial charge in [-0.25, -0.2) is 4.79 Å². The predicted molar refractivity (Wildman–Crippen MR) is 80.6 cm³/mol. The summed E-state index contributed by atoms with van der Waals surface area (Å²) in [6, 6.07) is 7.70. The molecule has 0 radical (unpaired) electrons. The van der Waals surface area contributed by atoms with Crippen molar-refractivity contribution in [3.8, 4) is 5.75 Å². The van der Waals surface area contributed by atoms with E-state index in [1.54, 1.807) is 26.8 Å². The van der Waals surface area contributed by atoms with Crippen LogP contribution < -0.4 is 4.74 Å². The summed E-state index contributed by atoms with van der Waals surface area (Å²) in [6.45, 7) is 5.41. The number of aromatic nitrogens is 1. The van der Waals surface area contributed by atoms with Gasteiger partial charge in [0.2, 0.25) is 0 Å². The van der Waals surface area contributed by atoms with E-state index in [0.29, 0.717) is 17.2 Å². The Balaban J connectivity index is 1.86. The van der Waals surface area contributed by atoms with E-state index < -0.39 is 11.8 Å². The highest BCUT2D eigenvalue weighted by molar-refractivity contribution is 5.86. The smallest absolute Gasteiger partial charge is 0.428 e. The van der Waals surface area contributed by atoms with Gasteiger partial charge in [0.15, 0.2) is 5.75 Å². The third kappa shape index (κ3) is 3.32. The van der Waals surface area contributed by atoms with Crippen molar-refractivity contribution in [2.45, 2.75) is 45.1 Å². The van der Waals surface area contributed by atoms with Crippen molar-refractivity contribution in [2.75, 3.05) is 0 Å². The topological polar surface area (TPSA) is 48.4 Å². The lowest BCUT2D eigenvalue weighted by Gasteiger charge is -2.18. The zero-order chi connectivity index (χ0) is 15.0. The van der Waals surface area contributed by atoms with Crippen LogP contribution in [0.4, 0.5) is 4.79 Å². The summed E-state index contributed by atoms with van der Waals surface area (Å²) in [7, 11) is 0. The molecule has 1 saturated carbocycles. The second-order valence-electron chi connectivity index (χ2n) is 6.44. The number of ether oxygens (including phenoxy) is 2. The summed E-state index contributed by atoms with van der Waals surface area (Å²) in [5.74, 6) is 1.08. The maximum Gasteiger partial charge on any atom is 0.514 e. The average molecular weight is 285 g/mol. The molecule has 0 saturated heterocycles. The summed E-state index contributed by atoms with van der Waals surface area (Å²) in [4.78, 5) is 16.2. The summed E-state index contributed by atoms with van der Waals surface area (Å²) in [5, 5.41) is 0.987. The van der Waals surface area contributed by atoms with Crippen molar-refractivity contribution in [1.82, 2.24) is 4.98 Å². The minimum Gasteiger partial charge on any atom is -0.428 e. The zero-order valence-corrected chi connectivity index (χ0v) is 12.6. The largest absolute Gasteiger partial charge is 0.514 e. The fourth-order valence-electron chi connectivity index (χ4n) is 2.23. The molecule has 0 bridgehead atoms. The van der Waals surface area contributed by atoms with Gasteiger partial charge in [-0.05, 0) is 57.2 Å². The van der Waals surface area contributed by atoms with Crippen molar-refractivity contribution in [3.63, 3.8) is 0 Å². The van der Waals surface area contributed by atoms with E-state index in [1.807, 2.05) is 18.3 Å². The summed E-state index contributed by atoms with van der Waals surface area (Å²) >= 11 is 0. The lowest BCUT2D eigenvalue weighted by atomic mass is 10.1. The summed E-state index contributed by atoms with van der Waals surface area (Å²) < 4.78 is 10.5. The highest BCUT2D eigenvalue weighted by Gasteiger charge is 2.24. The van der Waals surface area contributed by atoms with E-state index in [2.05, 4.69) is 11.1 Å². The van der Waals surface area contributed by atoms with Crippen LogP contribution in [0.3, 0.4) is 0 Å². The third-order valence-corrected chi connectivity index (χ3v) is 3.33. The first-order valence-corrected chi connectivity index (χ1v) is 7.22. The van der Waals surface area contributed by atoms with E-state index >= 15 is 0 Å². The Morgan fingerprint density at radius 2 is 2.05 bits per heavy atom. The fraction of sp³-hybridized carbons (Fsp3) is 0.412. The number of rotatable bonds is 2. The van der Waals surface area contributed by atoms with Crippen LogP contribution in [-0.2, 0) is 4.74 Å². The zero-order valence-electron chi connectivity index (χ0n) is 12.6. The molecule has 1 aliphatic rings. The predicted octanol–water partition coefficient (Wildman–Crippen LogP) is 4.43. The molecule has 0 aliphatic heterocycles. The van der Waals surface area contributed by atoms with Crippen LogP contribution in [0.25, 0.3) is 10.9 Å². The average Bonchev–Trinajstić information content (AvgIpc) is 3.20. The first kappa shape index (κ1) is 13.9. The number of fused-ring (bicyclic) bond motifs is 1. The summed E-state index contributed by atoms with van der Waals surface area (Å²) in [5.41, 5.74) is 1.37. The fourth-order valence-corrected chi connectivity index (χ4v) is 2.23. The van der Waals surface area contributed by atoms with Crippen LogP contribution in [0.15, 0.2) is 30.5 Å². The quantitative estimate of drug-likeness (QED) is 0.605. The molecule has 1 aliphatic carbocycles. The molecule has 1 fully saturated rings. The second-order valence-corrected chi connectivity index (χ2v) is 6.44. The molecule has 1 heterocycles. The standard InChI is InChI=1S/C17H19NO3/c1-17(2,3)21-16(19)20-14-6-4-5-12-9-13(11-7-8-11)10-18-15(12)14/h4-6,9-11H,7-8H2,1-3H3. The van der Waals surface area contributed by atoms with Gasteiger partial charge < -0.3 is 9.47 Å². The first-order chi connectivity index (χ1) is 9.92. The van der Waals surface area contributed by atoms with Gasteiger partial charge in [-0.2, -0.15) is 0 Å². The van der Waals surface area contributed by atoms with Gasteiger partial charge in [0.25, 0.3) is 0 Å². The molecule has 0 unspecified atom stereocenters. The number of nitrogens with zero attached hydrogens (tertiary/aromatic N) is 1. The Labute approximate surface area is 124 Å². The highest BCUT2D eigenvalue weighted by Crippen LogP contribution is 2.40. The molecule has 0 spiro atoms. The van der Waals surface area contributed by atoms with Gasteiger partial charge in [-0.3, -0.25) is 4.98 Å². The van der Waals surface area contributed by atoms with Crippen LogP contribution in [0, 0.1) is 0 Å². The van der Waals surface area contributed by atoms with Crippen LogP contribution in [0.1, 0.15) is 45.1 Å². The normalized spacial score (nSPS) is 15.0. The second kappa shape index (κ2) is 5.02. The summed E-state index contributed by atoms with van der Waals surface area (Å²) in [6.07, 6.45) is 3.65. The molecule has 3 rings (SSSR count). The Kier molecular flexibility index (Phi) is 3.32. The Morgan fingerprint density at radius 3 is 2.71 bits per heavy atom. The van der Waals surface area contributed by atoms with E-state index in [-0.39, 0.29) is 0 Å². The number of carbonyl (C=O) groups excluding carboxylic acids is 1. The molecule has 0 N–H and O–H groups in total. The number of para-hydroxylation sites is 1. The molecule has 1 aromatic heterocycles. The van der Waals surface area contributed by atoms with E-state index in [4.69, 9.17) is 9.47 Å². The Morgan fingerprint density at radius 1 is 1.29 bits per heavy atom. The molecule has 4 heteroatoms. The van der Waals surface area contributed by atoms with Crippen molar-refractivity contribution in [3.05, 3.63) is 36.0 Å². The Hall–Kier alpha value is -2.10. The number of pyridine rings is 1. The molecule has 21 heavy (non-hydrogen) atoms. The lowest BCUT2D eigenvalue weighted by Crippen LogP contribution is -2.26. The van der Waals surface area contributed by atoms with Gasteiger partial charge in [0.1, 0.15) is 11.1 Å². The molecule has 1 aromatic carbocycles. The van der Waals surface area contributed by atoms with Crippen LogP contribution >= 0.6 is 0 Å². The first-order valence-electron chi connectivity index (χ1n) is 7.22. The maximum atomic E-state index is 11.8. The van der Waals surface area contributed by atoms with Crippen molar-refractivity contribution >= 4 is 17.1 Å². The monoisotopic (exact) mass is 285 g/mol. The van der Waals surface area contributed by atoms with Gasteiger partial charge in [-0.1, -0.05) is 12.1 Å². The molecule has 4 nitrogen and oxygen atoms in total. The van der Waals surface area contributed by atoms with Crippen molar-refractivity contribution in [1.29, 1.82) is 0 Å². The molecular weight excluding hydrogens is 266 g/mol. The van der Waals surface area contributed by atoms with E-state index in [9.17, 15) is 4.79 Å². The minimum atomic E-state index is -0.705. The van der Waals surface area contributed by atoms with Crippen LogP contribution in [0.2, 0.25) is 0 Å². The van der Waals surface area contributed by atoms with Gasteiger partial charge >= 0.3 is 6.16 Å². The maximum absolute atomic E-state index is 11.8. The molecule has 0 amide bonds. The lowest BCUT2D eigenvalue weighted by molar-refractivity contribution is 0.0209. The van der Waals surface area contributed by atoms with Gasteiger partial charge in [0.05, 0.1) is 0 Å². The van der Waals surface area contributed by atoms with Gasteiger partial charge in [-0.15, -0.1) is 0 Å². The number of carbonyl (C=O) groups is 1. The van der Waals surface area contributed by atoms with Crippen molar-refractivity contribution in [2.24, 2.45) is 0 Å². The SMILES string of the molecule is CC(C)(C)OC(=O)Oc1cccc2cc(C3CC3)cnc12. The third-order valence-electron chi connectivity index (χ3n) is 3.33. The number of hydrogen-bond acceptors (Lipinski definition) is 4. The van der Waals surface area contributed by atoms with Gasteiger partial charge in [0, 0.05) is 11.6 Å². The highest BCUT2D eigenvalue weighted by atomic mass is 16.7. The minimum absolute atomic E-state index is 0.434. The van der Waals surface area contributed by atoms with E-state index in [1.165, 1.54) is 18.4 Å². The van der Waals surface area contributed by atoms with Crippen molar-refractivity contribution < 1.29 is 14.3 Å². The van der Waals surface area contributed by atoms with Crippen LogP contribution in [-0.4, -0.2) is 16.7 Å². The number of benzene rings is 1. The van der Waals surface area contributed by atoms with E-state index in [0.717, 1.165) is 5.39 Å². The molecule has 0 atom stereocenters. The Bertz CT molecular complexity index is 684. The number of hydrogen-bond donors (Lipinski definition) is 0. The molecule has 110 valence electrons.